The SMILES string of the molecule is CC(C)CC(C)(CN)NC(=O)C1CCC(NC(=O)CC2CCCC2)CC1. The van der Waals surface area contributed by atoms with Crippen molar-refractivity contribution in [2.24, 2.45) is 23.5 Å². The van der Waals surface area contributed by atoms with E-state index in [4.69, 9.17) is 5.73 Å². The van der Waals surface area contributed by atoms with Gasteiger partial charge in [0, 0.05) is 30.5 Å². The molecule has 0 aromatic carbocycles. The summed E-state index contributed by atoms with van der Waals surface area (Å²) in [6.45, 7) is 6.81. The lowest BCUT2D eigenvalue weighted by atomic mass is 9.83. The second-order valence-electron chi connectivity index (χ2n) is 9.32. The van der Waals surface area contributed by atoms with E-state index in [2.05, 4.69) is 24.5 Å². The minimum Gasteiger partial charge on any atom is -0.353 e. The van der Waals surface area contributed by atoms with Crippen LogP contribution in [0, 0.1) is 17.8 Å². The van der Waals surface area contributed by atoms with Crippen LogP contribution in [0.25, 0.3) is 0 Å². The van der Waals surface area contributed by atoms with Crippen LogP contribution in [0.2, 0.25) is 0 Å². The van der Waals surface area contributed by atoms with Crippen molar-refractivity contribution in [2.45, 2.75) is 96.6 Å². The predicted molar refractivity (Wildman–Crippen MR) is 106 cm³/mol. The number of hydrogen-bond donors (Lipinski definition) is 3. The van der Waals surface area contributed by atoms with Crippen molar-refractivity contribution >= 4 is 11.8 Å². The van der Waals surface area contributed by atoms with Gasteiger partial charge in [0.25, 0.3) is 0 Å². The number of rotatable bonds is 8. The van der Waals surface area contributed by atoms with E-state index in [1.807, 2.05) is 6.92 Å². The van der Waals surface area contributed by atoms with Gasteiger partial charge in [0.1, 0.15) is 0 Å². The second kappa shape index (κ2) is 9.72. The summed E-state index contributed by atoms with van der Waals surface area (Å²) in [4.78, 5) is 24.9. The molecule has 1 atom stereocenters. The summed E-state index contributed by atoms with van der Waals surface area (Å²) in [5.74, 6) is 1.48. The van der Waals surface area contributed by atoms with Crippen LogP contribution in [0.5, 0.6) is 0 Å². The van der Waals surface area contributed by atoms with Crippen molar-refractivity contribution in [3.05, 3.63) is 0 Å². The largest absolute Gasteiger partial charge is 0.353 e. The molecular formula is C21H39N3O2. The third-order valence-corrected chi connectivity index (χ3v) is 6.15. The van der Waals surface area contributed by atoms with E-state index < -0.39 is 0 Å². The summed E-state index contributed by atoms with van der Waals surface area (Å²) in [6, 6.07) is 0.240. The summed E-state index contributed by atoms with van der Waals surface area (Å²) in [6.07, 6.45) is 10.0. The van der Waals surface area contributed by atoms with Gasteiger partial charge in [-0.15, -0.1) is 0 Å². The quantitative estimate of drug-likeness (QED) is 0.618. The Morgan fingerprint density at radius 2 is 1.69 bits per heavy atom. The number of nitrogens with two attached hydrogens (primary N) is 1. The van der Waals surface area contributed by atoms with Crippen LogP contribution in [0.15, 0.2) is 0 Å². The van der Waals surface area contributed by atoms with Gasteiger partial charge in [-0.05, 0) is 63.7 Å². The molecule has 2 fully saturated rings. The fraction of sp³-hybridized carbons (Fsp3) is 0.905. The van der Waals surface area contributed by atoms with E-state index in [-0.39, 0.29) is 29.3 Å². The second-order valence-corrected chi connectivity index (χ2v) is 9.32. The molecule has 26 heavy (non-hydrogen) atoms. The highest BCUT2D eigenvalue weighted by molar-refractivity contribution is 5.80. The third-order valence-electron chi connectivity index (χ3n) is 6.15. The smallest absolute Gasteiger partial charge is 0.223 e. The maximum atomic E-state index is 12.7. The van der Waals surface area contributed by atoms with Gasteiger partial charge in [0.2, 0.25) is 11.8 Å². The van der Waals surface area contributed by atoms with Crippen molar-refractivity contribution in [3.63, 3.8) is 0 Å². The van der Waals surface area contributed by atoms with Crippen molar-refractivity contribution < 1.29 is 9.59 Å². The maximum absolute atomic E-state index is 12.7. The van der Waals surface area contributed by atoms with Gasteiger partial charge in [-0.2, -0.15) is 0 Å². The van der Waals surface area contributed by atoms with Crippen molar-refractivity contribution in [2.75, 3.05) is 6.54 Å². The molecule has 0 aliphatic heterocycles. The number of nitrogens with one attached hydrogen (secondary N) is 2. The normalized spacial score (nSPS) is 26.5. The zero-order valence-corrected chi connectivity index (χ0v) is 17.0. The fourth-order valence-electron chi connectivity index (χ4n) is 4.75. The minimum absolute atomic E-state index is 0.0519. The van der Waals surface area contributed by atoms with Crippen molar-refractivity contribution in [1.82, 2.24) is 10.6 Å². The molecule has 2 aliphatic carbocycles. The molecule has 0 heterocycles. The molecule has 5 heteroatoms. The summed E-state index contributed by atoms with van der Waals surface area (Å²) in [5.41, 5.74) is 5.59. The average Bonchev–Trinajstić information content (AvgIpc) is 3.07. The minimum atomic E-state index is -0.322. The Kier molecular flexibility index (Phi) is 7.93. The molecular weight excluding hydrogens is 326 g/mol. The Morgan fingerprint density at radius 3 is 2.23 bits per heavy atom. The zero-order chi connectivity index (χ0) is 19.2. The van der Waals surface area contributed by atoms with Crippen LogP contribution < -0.4 is 16.4 Å². The highest BCUT2D eigenvalue weighted by Crippen LogP contribution is 2.29. The first-order valence-electron chi connectivity index (χ1n) is 10.6. The molecule has 0 radical (unpaired) electrons. The molecule has 4 N–H and O–H groups in total. The molecule has 150 valence electrons. The van der Waals surface area contributed by atoms with Gasteiger partial charge in [-0.3, -0.25) is 9.59 Å². The number of carbonyl (C=O) groups excluding carboxylic acids is 2. The predicted octanol–water partition coefficient (Wildman–Crippen LogP) is 3.12. The fourth-order valence-corrected chi connectivity index (χ4v) is 4.75. The monoisotopic (exact) mass is 365 g/mol. The van der Waals surface area contributed by atoms with E-state index in [9.17, 15) is 9.59 Å². The molecule has 1 unspecified atom stereocenters. The van der Waals surface area contributed by atoms with Crippen LogP contribution in [0.1, 0.15) is 85.0 Å². The Hall–Kier alpha value is -1.10. The van der Waals surface area contributed by atoms with E-state index >= 15 is 0 Å². The lowest BCUT2D eigenvalue weighted by Crippen LogP contribution is -2.54. The van der Waals surface area contributed by atoms with E-state index in [0.29, 0.717) is 24.8 Å². The zero-order valence-electron chi connectivity index (χ0n) is 17.0. The lowest BCUT2D eigenvalue weighted by molar-refractivity contribution is -0.128. The van der Waals surface area contributed by atoms with E-state index in [1.54, 1.807) is 0 Å². The molecule has 2 amide bonds. The maximum Gasteiger partial charge on any atom is 0.223 e. The summed E-state index contributed by atoms with van der Waals surface area (Å²) >= 11 is 0. The van der Waals surface area contributed by atoms with E-state index in [0.717, 1.165) is 32.1 Å². The standard InChI is InChI=1S/C21H39N3O2/c1-15(2)13-21(3,14-22)24-20(26)17-8-10-18(11-9-17)23-19(25)12-16-6-4-5-7-16/h15-18H,4-14,22H2,1-3H3,(H,23,25)(H,24,26). The van der Waals surface area contributed by atoms with Crippen LogP contribution >= 0.6 is 0 Å². The van der Waals surface area contributed by atoms with Crippen molar-refractivity contribution in [3.8, 4) is 0 Å². The van der Waals surface area contributed by atoms with Gasteiger partial charge in [-0.1, -0.05) is 26.7 Å². The molecule has 2 aliphatic rings. The topological polar surface area (TPSA) is 84.2 Å². The lowest BCUT2D eigenvalue weighted by Gasteiger charge is -2.35. The number of amides is 2. The molecule has 2 saturated carbocycles. The Bertz CT molecular complexity index is 466. The third kappa shape index (κ3) is 6.57. The van der Waals surface area contributed by atoms with Crippen LogP contribution in [-0.2, 0) is 9.59 Å². The molecule has 0 aromatic rings. The van der Waals surface area contributed by atoms with Gasteiger partial charge >= 0.3 is 0 Å². The molecule has 0 bridgehead atoms. The van der Waals surface area contributed by atoms with Crippen LogP contribution in [0.3, 0.4) is 0 Å². The first kappa shape index (κ1) is 21.2. The Balaban J connectivity index is 1.72. The number of carbonyl (C=O) groups is 2. The molecule has 5 nitrogen and oxygen atoms in total. The van der Waals surface area contributed by atoms with Crippen molar-refractivity contribution in [1.29, 1.82) is 0 Å². The average molecular weight is 366 g/mol. The Labute approximate surface area is 159 Å². The highest BCUT2D eigenvalue weighted by atomic mass is 16.2. The molecule has 0 spiro atoms. The highest BCUT2D eigenvalue weighted by Gasteiger charge is 2.32. The first-order valence-corrected chi connectivity index (χ1v) is 10.6. The molecule has 0 aromatic heterocycles. The molecule has 2 rings (SSSR count). The van der Waals surface area contributed by atoms with Gasteiger partial charge in [0.15, 0.2) is 0 Å². The van der Waals surface area contributed by atoms with Gasteiger partial charge < -0.3 is 16.4 Å². The Morgan fingerprint density at radius 1 is 1.08 bits per heavy atom. The van der Waals surface area contributed by atoms with Gasteiger partial charge in [0.05, 0.1) is 0 Å². The first-order chi connectivity index (χ1) is 12.3. The van der Waals surface area contributed by atoms with Crippen LogP contribution in [-0.4, -0.2) is 29.9 Å². The summed E-state index contributed by atoms with van der Waals surface area (Å²) < 4.78 is 0. The summed E-state index contributed by atoms with van der Waals surface area (Å²) in [5, 5.41) is 6.40. The van der Waals surface area contributed by atoms with E-state index in [1.165, 1.54) is 25.7 Å². The van der Waals surface area contributed by atoms with Gasteiger partial charge in [-0.25, -0.2) is 0 Å². The van der Waals surface area contributed by atoms with Crippen LogP contribution in [0.4, 0.5) is 0 Å². The summed E-state index contributed by atoms with van der Waals surface area (Å²) in [7, 11) is 0. The number of hydrogen-bond acceptors (Lipinski definition) is 3. The molecule has 0 saturated heterocycles.